The Labute approximate surface area is 258 Å². The molecule has 0 radical (unpaired) electrons. The third-order valence-electron chi connectivity index (χ3n) is 7.15. The number of Topliss-reactive ketones (excluding diaryl/α,β-unsaturated/α-hetero) is 1. The van der Waals surface area contributed by atoms with E-state index in [1.165, 1.54) is 12.0 Å². The van der Waals surface area contributed by atoms with Crippen molar-refractivity contribution in [2.24, 2.45) is 0 Å². The number of amides is 1. The minimum atomic E-state index is -1.03. The van der Waals surface area contributed by atoms with E-state index in [1.54, 1.807) is 61.5 Å². The maximum Gasteiger partial charge on any atom is 0.350 e. The summed E-state index contributed by atoms with van der Waals surface area (Å²) in [6.07, 6.45) is 1.62. The summed E-state index contributed by atoms with van der Waals surface area (Å²) in [7, 11) is 1.25. The molecule has 4 aromatic rings. The summed E-state index contributed by atoms with van der Waals surface area (Å²) < 4.78 is 16.4. The highest BCUT2D eigenvalue weighted by atomic mass is 32.1. The Morgan fingerprint density at radius 1 is 1.00 bits per heavy atom. The second-order valence-electron chi connectivity index (χ2n) is 9.98. The van der Waals surface area contributed by atoms with E-state index in [1.807, 2.05) is 31.2 Å². The number of methoxy groups -OCH3 is 1. The second-order valence-corrected chi connectivity index (χ2v) is 11.0. The topological polar surface area (TPSA) is 115 Å². The Morgan fingerprint density at radius 2 is 1.66 bits per heavy atom. The zero-order valence-electron chi connectivity index (χ0n) is 24.4. The number of aromatic nitrogens is 1. The van der Waals surface area contributed by atoms with Gasteiger partial charge in [0.05, 0.1) is 24.4 Å². The highest BCUT2D eigenvalue weighted by molar-refractivity contribution is 7.17. The molecule has 1 aliphatic rings. The molecule has 1 aliphatic heterocycles. The van der Waals surface area contributed by atoms with Gasteiger partial charge in [0.1, 0.15) is 35.3 Å². The van der Waals surface area contributed by atoms with Crippen molar-refractivity contribution in [2.75, 3.05) is 18.6 Å². The van der Waals surface area contributed by atoms with E-state index in [-0.39, 0.29) is 21.3 Å². The van der Waals surface area contributed by atoms with Gasteiger partial charge in [0, 0.05) is 5.56 Å². The third-order valence-corrected chi connectivity index (χ3v) is 8.29. The Balaban J connectivity index is 1.53. The number of ketones is 1. The molecular weight excluding hydrogens is 580 g/mol. The molecule has 1 atom stereocenters. The van der Waals surface area contributed by atoms with Crippen LogP contribution in [0, 0.1) is 13.8 Å². The maximum absolute atomic E-state index is 13.6. The van der Waals surface area contributed by atoms with Crippen LogP contribution in [0.15, 0.2) is 91.0 Å². The first-order valence-corrected chi connectivity index (χ1v) is 14.5. The lowest BCUT2D eigenvalue weighted by Gasteiger charge is -2.23. The van der Waals surface area contributed by atoms with Gasteiger partial charge in [0.15, 0.2) is 5.13 Å². The molecule has 9 nitrogen and oxygen atoms in total. The normalized spacial score (nSPS) is 15.7. The monoisotopic (exact) mass is 610 g/mol. The minimum absolute atomic E-state index is 0.115. The molecule has 1 N–H and O–H groups in total. The summed E-state index contributed by atoms with van der Waals surface area (Å²) in [4.78, 5) is 45.2. The number of anilines is 1. The van der Waals surface area contributed by atoms with E-state index in [4.69, 9.17) is 14.2 Å². The summed E-state index contributed by atoms with van der Waals surface area (Å²) in [6, 6.07) is 20.3. The van der Waals surface area contributed by atoms with Crippen LogP contribution in [0.3, 0.4) is 0 Å². The fourth-order valence-corrected chi connectivity index (χ4v) is 5.82. The number of carbonyl (C=O) groups excluding carboxylic acids is 3. The van der Waals surface area contributed by atoms with Crippen LogP contribution in [0.25, 0.3) is 5.76 Å². The first kappa shape index (κ1) is 30.2. The van der Waals surface area contributed by atoms with E-state index in [0.717, 1.165) is 22.5 Å². The molecule has 0 saturated carbocycles. The molecule has 1 amide bonds. The third kappa shape index (κ3) is 5.97. The highest BCUT2D eigenvalue weighted by Crippen LogP contribution is 2.44. The van der Waals surface area contributed by atoms with Crippen LogP contribution >= 0.6 is 11.3 Å². The molecule has 0 aliphatic carbocycles. The number of esters is 1. The van der Waals surface area contributed by atoms with Crippen LogP contribution in [-0.4, -0.2) is 41.5 Å². The maximum atomic E-state index is 13.6. The van der Waals surface area contributed by atoms with Crippen molar-refractivity contribution in [3.05, 3.63) is 124 Å². The van der Waals surface area contributed by atoms with Gasteiger partial charge in [-0.25, -0.2) is 9.78 Å². The number of rotatable bonds is 10. The first-order valence-electron chi connectivity index (χ1n) is 13.7. The molecule has 0 bridgehead atoms. The number of thiazole rings is 1. The zero-order chi connectivity index (χ0) is 31.4. The van der Waals surface area contributed by atoms with Crippen molar-refractivity contribution >= 4 is 39.9 Å². The molecule has 3 aromatic carbocycles. The van der Waals surface area contributed by atoms with E-state index in [2.05, 4.69) is 11.6 Å². The van der Waals surface area contributed by atoms with Crippen LogP contribution in [-0.2, 0) is 20.9 Å². The number of ether oxygens (including phenoxy) is 3. The van der Waals surface area contributed by atoms with Crippen LogP contribution in [0.5, 0.6) is 11.5 Å². The second kappa shape index (κ2) is 13.0. The van der Waals surface area contributed by atoms with Gasteiger partial charge in [-0.3, -0.25) is 14.5 Å². The summed E-state index contributed by atoms with van der Waals surface area (Å²) in [5, 5.41) is 11.6. The Hall–Kier alpha value is -5.22. The number of carbonyl (C=O) groups is 3. The lowest BCUT2D eigenvalue weighted by molar-refractivity contribution is -0.132. The molecule has 1 aromatic heterocycles. The zero-order valence-corrected chi connectivity index (χ0v) is 25.2. The largest absolute Gasteiger partial charge is 0.507 e. The Bertz CT molecular complexity index is 1760. The van der Waals surface area contributed by atoms with Crippen molar-refractivity contribution in [1.82, 2.24) is 4.98 Å². The fraction of sp³-hybridized carbons (Fsp3) is 0.176. The summed E-state index contributed by atoms with van der Waals surface area (Å²) in [6.45, 7) is 7.95. The quantitative estimate of drug-likeness (QED) is 0.0730. The first-order chi connectivity index (χ1) is 21.2. The van der Waals surface area contributed by atoms with Gasteiger partial charge >= 0.3 is 11.9 Å². The number of aliphatic hydroxyl groups is 1. The van der Waals surface area contributed by atoms with Crippen molar-refractivity contribution in [3.8, 4) is 11.5 Å². The Kier molecular flexibility index (Phi) is 8.91. The predicted octanol–water partition coefficient (Wildman–Crippen LogP) is 6.32. The van der Waals surface area contributed by atoms with Crippen molar-refractivity contribution in [1.29, 1.82) is 0 Å². The van der Waals surface area contributed by atoms with Crippen LogP contribution < -0.4 is 14.4 Å². The number of aliphatic hydroxyl groups excluding tert-OH is 1. The summed E-state index contributed by atoms with van der Waals surface area (Å²) in [5.74, 6) is -1.59. The SMILES string of the molecule is C=CCOc1ccc(C2C(=C(O)c3ccc(OCc4ccccc4C)cc3)C(=O)C(=O)N2c2nc(C)c(C(=O)OC)s2)cc1. The molecule has 10 heteroatoms. The summed E-state index contributed by atoms with van der Waals surface area (Å²) >= 11 is 0.935. The molecule has 1 fully saturated rings. The number of hydrogen-bond acceptors (Lipinski definition) is 9. The lowest BCUT2D eigenvalue weighted by atomic mass is 9.95. The number of hydrogen-bond donors (Lipinski definition) is 1. The molecule has 2 heterocycles. The van der Waals surface area contributed by atoms with E-state index < -0.39 is 23.7 Å². The average Bonchev–Trinajstić information content (AvgIpc) is 3.55. The van der Waals surface area contributed by atoms with Gasteiger partial charge in [0.25, 0.3) is 5.78 Å². The minimum Gasteiger partial charge on any atom is -0.507 e. The molecule has 0 spiro atoms. The Morgan fingerprint density at radius 3 is 2.32 bits per heavy atom. The van der Waals surface area contributed by atoms with Crippen LogP contribution in [0.1, 0.15) is 43.7 Å². The molecule has 1 saturated heterocycles. The van der Waals surface area contributed by atoms with Gasteiger partial charge in [0.2, 0.25) is 0 Å². The molecule has 5 rings (SSSR count). The summed E-state index contributed by atoms with van der Waals surface area (Å²) in [5.41, 5.74) is 3.26. The van der Waals surface area contributed by atoms with Gasteiger partial charge < -0.3 is 19.3 Å². The van der Waals surface area contributed by atoms with Gasteiger partial charge in [-0.15, -0.1) is 0 Å². The van der Waals surface area contributed by atoms with Crippen molar-refractivity contribution in [3.63, 3.8) is 0 Å². The molecule has 44 heavy (non-hydrogen) atoms. The van der Waals surface area contributed by atoms with Crippen LogP contribution in [0.4, 0.5) is 5.13 Å². The van der Waals surface area contributed by atoms with Crippen molar-refractivity contribution < 1.29 is 33.7 Å². The standard InChI is InChI=1S/C34H30N2O7S/c1-5-18-42-25-14-10-22(11-15-25)28-27(30(38)32(39)36(28)34-35-21(3)31(44-34)33(40)41-4)29(37)23-12-16-26(17-13-23)43-19-24-9-7-6-8-20(24)2/h5-17,28,37H,1,18-19H2,2-4H3. The average molecular weight is 611 g/mol. The van der Waals surface area contributed by atoms with Crippen LogP contribution in [0.2, 0.25) is 0 Å². The molecular formula is C34H30N2O7S. The number of nitrogens with zero attached hydrogens (tertiary/aromatic N) is 2. The van der Waals surface area contributed by atoms with E-state index in [9.17, 15) is 19.5 Å². The van der Waals surface area contributed by atoms with E-state index in [0.29, 0.717) is 41.5 Å². The van der Waals surface area contributed by atoms with E-state index >= 15 is 0 Å². The van der Waals surface area contributed by atoms with Gasteiger partial charge in [-0.1, -0.05) is 60.4 Å². The molecule has 1 unspecified atom stereocenters. The lowest BCUT2D eigenvalue weighted by Crippen LogP contribution is -2.29. The molecule has 224 valence electrons. The number of aryl methyl sites for hydroxylation is 2. The fourth-order valence-electron chi connectivity index (χ4n) is 4.81. The smallest absolute Gasteiger partial charge is 0.350 e. The van der Waals surface area contributed by atoms with Crippen molar-refractivity contribution in [2.45, 2.75) is 26.5 Å². The van der Waals surface area contributed by atoms with Gasteiger partial charge in [-0.05, 0) is 66.9 Å². The predicted molar refractivity (Wildman–Crippen MR) is 167 cm³/mol. The number of benzene rings is 3. The highest BCUT2D eigenvalue weighted by Gasteiger charge is 2.48. The van der Waals surface area contributed by atoms with Gasteiger partial charge in [-0.2, -0.15) is 0 Å².